The predicted molar refractivity (Wildman–Crippen MR) is 85.8 cm³/mol. The van der Waals surface area contributed by atoms with Gasteiger partial charge in [-0.15, -0.1) is 0 Å². The van der Waals surface area contributed by atoms with Crippen LogP contribution >= 0.6 is 0 Å². The minimum absolute atomic E-state index is 0.0252. The molecule has 0 saturated heterocycles. The number of nitrogens with zero attached hydrogens (tertiary/aromatic N) is 1. The maximum Gasteiger partial charge on any atom is 0.251 e. The van der Waals surface area contributed by atoms with Crippen molar-refractivity contribution in [3.05, 3.63) is 65.0 Å². The van der Waals surface area contributed by atoms with Crippen molar-refractivity contribution in [2.45, 2.75) is 19.4 Å². The first-order valence-corrected chi connectivity index (χ1v) is 7.41. The third kappa shape index (κ3) is 2.95. The quantitative estimate of drug-likeness (QED) is 0.947. The largest absolute Gasteiger partial charge is 0.346 e. The summed E-state index contributed by atoms with van der Waals surface area (Å²) in [6, 6.07) is 11.1. The van der Waals surface area contributed by atoms with E-state index in [-0.39, 0.29) is 23.7 Å². The maximum absolute atomic E-state index is 12.9. The SMILES string of the molecule is CC(NC(=O)c1ccc2c(c1)CC(=O)N2C)c1ccc(F)cc1. The van der Waals surface area contributed by atoms with Gasteiger partial charge in [0.05, 0.1) is 12.5 Å². The van der Waals surface area contributed by atoms with E-state index in [0.29, 0.717) is 12.0 Å². The van der Waals surface area contributed by atoms with Crippen LogP contribution in [0.25, 0.3) is 0 Å². The Hall–Kier alpha value is -2.69. The Balaban J connectivity index is 1.75. The molecule has 0 radical (unpaired) electrons. The van der Waals surface area contributed by atoms with Crippen molar-refractivity contribution in [1.82, 2.24) is 5.32 Å². The van der Waals surface area contributed by atoms with E-state index in [2.05, 4.69) is 5.32 Å². The molecule has 0 bridgehead atoms. The van der Waals surface area contributed by atoms with Gasteiger partial charge in [0.15, 0.2) is 0 Å². The zero-order valence-electron chi connectivity index (χ0n) is 13.0. The average Bonchev–Trinajstić information content (AvgIpc) is 2.82. The van der Waals surface area contributed by atoms with Crippen molar-refractivity contribution >= 4 is 17.5 Å². The van der Waals surface area contributed by atoms with Gasteiger partial charge in [0.2, 0.25) is 5.91 Å². The minimum Gasteiger partial charge on any atom is -0.346 e. The van der Waals surface area contributed by atoms with Gasteiger partial charge in [-0.25, -0.2) is 4.39 Å². The summed E-state index contributed by atoms with van der Waals surface area (Å²) in [4.78, 5) is 25.7. The number of rotatable bonds is 3. The van der Waals surface area contributed by atoms with E-state index >= 15 is 0 Å². The zero-order valence-corrected chi connectivity index (χ0v) is 13.0. The minimum atomic E-state index is -0.306. The molecule has 3 rings (SSSR count). The molecule has 2 amide bonds. The molecule has 23 heavy (non-hydrogen) atoms. The molecule has 1 N–H and O–H groups in total. The van der Waals surface area contributed by atoms with Crippen molar-refractivity contribution < 1.29 is 14.0 Å². The third-order valence-corrected chi connectivity index (χ3v) is 4.14. The zero-order chi connectivity index (χ0) is 16.6. The van der Waals surface area contributed by atoms with Crippen LogP contribution in [0.4, 0.5) is 10.1 Å². The van der Waals surface area contributed by atoms with Crippen LogP contribution in [0.3, 0.4) is 0 Å². The van der Waals surface area contributed by atoms with E-state index in [1.54, 1.807) is 42.3 Å². The fraction of sp³-hybridized carbons (Fsp3) is 0.222. The number of likely N-dealkylation sites (N-methyl/N-ethyl adjacent to an activating group) is 1. The number of carbonyl (C=O) groups is 2. The summed E-state index contributed by atoms with van der Waals surface area (Å²) in [5.74, 6) is -0.497. The van der Waals surface area contributed by atoms with Gasteiger partial charge in [-0.1, -0.05) is 12.1 Å². The second-order valence-electron chi connectivity index (χ2n) is 5.72. The Morgan fingerprint density at radius 3 is 2.61 bits per heavy atom. The average molecular weight is 312 g/mol. The van der Waals surface area contributed by atoms with Gasteiger partial charge in [0.1, 0.15) is 5.82 Å². The first-order chi connectivity index (χ1) is 11.0. The monoisotopic (exact) mass is 312 g/mol. The van der Waals surface area contributed by atoms with E-state index in [0.717, 1.165) is 16.8 Å². The van der Waals surface area contributed by atoms with Crippen LogP contribution in [0, 0.1) is 5.82 Å². The van der Waals surface area contributed by atoms with Crippen molar-refractivity contribution in [2.24, 2.45) is 0 Å². The highest BCUT2D eigenvalue weighted by Gasteiger charge is 2.25. The summed E-state index contributed by atoms with van der Waals surface area (Å²) in [6.45, 7) is 1.84. The number of anilines is 1. The first kappa shape index (κ1) is 15.2. The summed E-state index contributed by atoms with van der Waals surface area (Å²) in [7, 11) is 1.73. The molecule has 2 aromatic rings. The van der Waals surface area contributed by atoms with Crippen LogP contribution in [0.5, 0.6) is 0 Å². The van der Waals surface area contributed by atoms with Crippen molar-refractivity contribution in [2.75, 3.05) is 11.9 Å². The summed E-state index contributed by atoms with van der Waals surface area (Å²) in [5.41, 5.74) is 3.05. The van der Waals surface area contributed by atoms with Crippen molar-refractivity contribution in [3.8, 4) is 0 Å². The number of carbonyl (C=O) groups excluding carboxylic acids is 2. The molecule has 0 saturated carbocycles. The van der Waals surface area contributed by atoms with Gasteiger partial charge in [0, 0.05) is 18.3 Å². The lowest BCUT2D eigenvalue weighted by atomic mass is 10.1. The number of hydrogen-bond acceptors (Lipinski definition) is 2. The molecule has 0 aromatic heterocycles. The Morgan fingerprint density at radius 2 is 1.91 bits per heavy atom. The normalized spacial score (nSPS) is 14.6. The van der Waals surface area contributed by atoms with Gasteiger partial charge in [-0.3, -0.25) is 9.59 Å². The number of amides is 2. The van der Waals surface area contributed by atoms with E-state index in [9.17, 15) is 14.0 Å². The highest BCUT2D eigenvalue weighted by atomic mass is 19.1. The maximum atomic E-state index is 12.9. The number of benzene rings is 2. The fourth-order valence-corrected chi connectivity index (χ4v) is 2.73. The van der Waals surface area contributed by atoms with Gasteiger partial charge in [-0.05, 0) is 48.4 Å². The highest BCUT2D eigenvalue weighted by molar-refractivity contribution is 6.03. The molecule has 1 unspecified atom stereocenters. The van der Waals surface area contributed by atoms with E-state index in [1.165, 1.54) is 12.1 Å². The molecule has 1 atom stereocenters. The Morgan fingerprint density at radius 1 is 1.22 bits per heavy atom. The van der Waals surface area contributed by atoms with E-state index in [4.69, 9.17) is 0 Å². The van der Waals surface area contributed by atoms with Gasteiger partial charge >= 0.3 is 0 Å². The van der Waals surface area contributed by atoms with Crippen molar-refractivity contribution in [3.63, 3.8) is 0 Å². The highest BCUT2D eigenvalue weighted by Crippen LogP contribution is 2.28. The van der Waals surface area contributed by atoms with Gasteiger partial charge < -0.3 is 10.2 Å². The Bertz CT molecular complexity index is 771. The molecule has 118 valence electrons. The van der Waals surface area contributed by atoms with E-state index < -0.39 is 0 Å². The van der Waals surface area contributed by atoms with Crippen LogP contribution in [0.2, 0.25) is 0 Å². The molecule has 0 fully saturated rings. The standard InChI is InChI=1S/C18H17FN2O2/c1-11(12-3-6-15(19)7-4-12)20-18(23)13-5-8-16-14(9-13)10-17(22)21(16)2/h3-9,11H,10H2,1-2H3,(H,20,23). The fourth-order valence-electron chi connectivity index (χ4n) is 2.73. The molecule has 2 aromatic carbocycles. The summed E-state index contributed by atoms with van der Waals surface area (Å²) >= 11 is 0. The summed E-state index contributed by atoms with van der Waals surface area (Å²) in [5, 5.41) is 2.89. The number of fused-ring (bicyclic) bond motifs is 1. The molecular weight excluding hydrogens is 295 g/mol. The summed E-state index contributed by atoms with van der Waals surface area (Å²) in [6.07, 6.45) is 0.320. The number of halogens is 1. The molecule has 1 aliphatic rings. The van der Waals surface area contributed by atoms with Crippen LogP contribution in [0.1, 0.15) is 34.5 Å². The van der Waals surface area contributed by atoms with Crippen LogP contribution < -0.4 is 10.2 Å². The van der Waals surface area contributed by atoms with Gasteiger partial charge in [0.25, 0.3) is 5.91 Å². The molecule has 0 aliphatic carbocycles. The lowest BCUT2D eigenvalue weighted by Gasteiger charge is -2.15. The smallest absolute Gasteiger partial charge is 0.251 e. The third-order valence-electron chi connectivity index (χ3n) is 4.14. The Labute approximate surface area is 133 Å². The topological polar surface area (TPSA) is 49.4 Å². The summed E-state index contributed by atoms with van der Waals surface area (Å²) < 4.78 is 12.9. The lowest BCUT2D eigenvalue weighted by Crippen LogP contribution is -2.26. The Kier molecular flexibility index (Phi) is 3.86. The van der Waals surface area contributed by atoms with Crippen LogP contribution in [0.15, 0.2) is 42.5 Å². The number of hydrogen-bond donors (Lipinski definition) is 1. The predicted octanol–water partition coefficient (Wildman–Crippen LogP) is 2.84. The van der Waals surface area contributed by atoms with Crippen molar-refractivity contribution in [1.29, 1.82) is 0 Å². The molecular formula is C18H17FN2O2. The van der Waals surface area contributed by atoms with E-state index in [1.807, 2.05) is 6.92 Å². The second-order valence-corrected chi connectivity index (χ2v) is 5.72. The van der Waals surface area contributed by atoms with Gasteiger partial charge in [-0.2, -0.15) is 0 Å². The molecule has 4 nitrogen and oxygen atoms in total. The molecule has 1 heterocycles. The van der Waals surface area contributed by atoms with Crippen LogP contribution in [-0.2, 0) is 11.2 Å². The second kappa shape index (κ2) is 5.83. The van der Waals surface area contributed by atoms with Crippen LogP contribution in [-0.4, -0.2) is 18.9 Å². The number of nitrogens with one attached hydrogen (secondary N) is 1. The lowest BCUT2D eigenvalue weighted by molar-refractivity contribution is -0.117. The first-order valence-electron chi connectivity index (χ1n) is 7.41. The molecule has 1 aliphatic heterocycles. The molecule has 5 heteroatoms. The molecule has 0 spiro atoms.